The van der Waals surface area contributed by atoms with E-state index in [4.69, 9.17) is 9.84 Å². The lowest BCUT2D eigenvalue weighted by Crippen LogP contribution is -2.26. The van der Waals surface area contributed by atoms with Gasteiger partial charge in [-0.25, -0.2) is 4.98 Å². The quantitative estimate of drug-likeness (QED) is 0.712. The molecule has 7 heteroatoms. The van der Waals surface area contributed by atoms with Crippen molar-refractivity contribution in [3.05, 3.63) is 51.3 Å². The number of ether oxygens (including phenoxy) is 1. The summed E-state index contributed by atoms with van der Waals surface area (Å²) in [6, 6.07) is 5.14. The Labute approximate surface area is 143 Å². The molecule has 1 N–H and O–H groups in total. The molecule has 1 saturated heterocycles. The number of aliphatic hydroxyl groups is 1. The Bertz CT molecular complexity index is 1050. The minimum absolute atomic E-state index is 0.0605. The van der Waals surface area contributed by atoms with Crippen LogP contribution in [0.4, 0.5) is 0 Å². The highest BCUT2D eigenvalue weighted by Crippen LogP contribution is 2.16. The molecule has 1 atom stereocenters. The molecule has 7 nitrogen and oxygen atoms in total. The summed E-state index contributed by atoms with van der Waals surface area (Å²) in [4.78, 5) is 29.8. The van der Waals surface area contributed by atoms with Gasteiger partial charge >= 0.3 is 0 Å². The molecule has 0 saturated carbocycles. The molecule has 1 aliphatic heterocycles. The van der Waals surface area contributed by atoms with Gasteiger partial charge in [0, 0.05) is 25.5 Å². The van der Waals surface area contributed by atoms with E-state index in [-0.39, 0.29) is 30.4 Å². The monoisotopic (exact) mass is 341 g/mol. The van der Waals surface area contributed by atoms with Crippen LogP contribution in [0.25, 0.3) is 21.8 Å². The molecule has 3 aromatic heterocycles. The summed E-state index contributed by atoms with van der Waals surface area (Å²) < 4.78 is 8.65. The highest BCUT2D eigenvalue weighted by atomic mass is 16.5. The first-order valence-corrected chi connectivity index (χ1v) is 8.43. The van der Waals surface area contributed by atoms with Crippen molar-refractivity contribution in [3.8, 4) is 0 Å². The van der Waals surface area contributed by atoms with Gasteiger partial charge in [-0.3, -0.25) is 9.59 Å². The number of fused-ring (bicyclic) bond motifs is 2. The Morgan fingerprint density at radius 2 is 1.80 bits per heavy atom. The van der Waals surface area contributed by atoms with Crippen molar-refractivity contribution in [1.82, 2.24) is 14.1 Å². The molecule has 1 aliphatic rings. The lowest BCUT2D eigenvalue weighted by Gasteiger charge is -2.12. The Morgan fingerprint density at radius 1 is 1.12 bits per heavy atom. The van der Waals surface area contributed by atoms with Gasteiger partial charge in [0.05, 0.1) is 41.1 Å². The van der Waals surface area contributed by atoms with E-state index < -0.39 is 0 Å². The fourth-order valence-electron chi connectivity index (χ4n) is 3.34. The standard InChI is InChI=1S/C18H19N3O4/c22-8-7-20-5-3-15-13(17(20)23)10-14-16(19-15)4-6-21(18(14)24)11-12-2-1-9-25-12/h3-6,10,12,22H,1-2,7-9,11H2. The summed E-state index contributed by atoms with van der Waals surface area (Å²) in [7, 11) is 0. The van der Waals surface area contributed by atoms with Gasteiger partial charge in [0.1, 0.15) is 0 Å². The first-order valence-electron chi connectivity index (χ1n) is 8.43. The second-order valence-corrected chi connectivity index (χ2v) is 6.30. The third-order valence-corrected chi connectivity index (χ3v) is 4.65. The second kappa shape index (κ2) is 6.42. The van der Waals surface area contributed by atoms with Crippen LogP contribution < -0.4 is 11.1 Å². The molecule has 0 radical (unpaired) electrons. The molecule has 0 spiro atoms. The predicted octanol–water partition coefficient (Wildman–Crippen LogP) is 0.883. The highest BCUT2D eigenvalue weighted by Gasteiger charge is 2.17. The zero-order chi connectivity index (χ0) is 17.4. The second-order valence-electron chi connectivity index (χ2n) is 6.30. The van der Waals surface area contributed by atoms with Crippen LogP contribution >= 0.6 is 0 Å². The molecule has 0 bridgehead atoms. The average molecular weight is 341 g/mol. The zero-order valence-corrected chi connectivity index (χ0v) is 13.7. The number of aromatic nitrogens is 3. The van der Waals surface area contributed by atoms with E-state index in [1.54, 1.807) is 35.2 Å². The molecule has 4 rings (SSSR count). The van der Waals surface area contributed by atoms with Gasteiger partial charge in [0.15, 0.2) is 0 Å². The maximum atomic E-state index is 12.8. The predicted molar refractivity (Wildman–Crippen MR) is 93.8 cm³/mol. The largest absolute Gasteiger partial charge is 0.395 e. The number of pyridine rings is 3. The highest BCUT2D eigenvalue weighted by molar-refractivity contribution is 5.91. The Kier molecular flexibility index (Phi) is 4.10. The molecule has 1 fully saturated rings. The molecule has 4 heterocycles. The minimum atomic E-state index is -0.255. The lowest BCUT2D eigenvalue weighted by atomic mass is 10.2. The fourth-order valence-corrected chi connectivity index (χ4v) is 3.34. The first kappa shape index (κ1) is 16.0. The minimum Gasteiger partial charge on any atom is -0.395 e. The Morgan fingerprint density at radius 3 is 2.44 bits per heavy atom. The normalized spacial score (nSPS) is 17.6. The van der Waals surface area contributed by atoms with Crippen LogP contribution in [-0.4, -0.2) is 38.5 Å². The van der Waals surface area contributed by atoms with Crippen LogP contribution in [0, 0.1) is 0 Å². The average Bonchev–Trinajstić information content (AvgIpc) is 3.12. The van der Waals surface area contributed by atoms with Crippen molar-refractivity contribution in [2.45, 2.75) is 32.0 Å². The van der Waals surface area contributed by atoms with E-state index in [9.17, 15) is 9.59 Å². The maximum Gasteiger partial charge on any atom is 0.260 e. The summed E-state index contributed by atoms with van der Waals surface area (Å²) in [5, 5.41) is 9.87. The topological polar surface area (TPSA) is 86.4 Å². The molecule has 0 aliphatic carbocycles. The van der Waals surface area contributed by atoms with Gasteiger partial charge in [-0.1, -0.05) is 0 Å². The van der Waals surface area contributed by atoms with Gasteiger partial charge in [0.25, 0.3) is 11.1 Å². The SMILES string of the molecule is O=c1c2cc3c(=O)n(CC4CCCO4)ccc3nc2ccn1CCO. The lowest BCUT2D eigenvalue weighted by molar-refractivity contribution is 0.0963. The van der Waals surface area contributed by atoms with Crippen molar-refractivity contribution < 1.29 is 9.84 Å². The van der Waals surface area contributed by atoms with Crippen molar-refractivity contribution in [1.29, 1.82) is 0 Å². The van der Waals surface area contributed by atoms with Crippen LogP contribution in [0.3, 0.4) is 0 Å². The van der Waals surface area contributed by atoms with E-state index >= 15 is 0 Å². The molecule has 0 amide bonds. The van der Waals surface area contributed by atoms with Gasteiger partial charge in [-0.2, -0.15) is 0 Å². The van der Waals surface area contributed by atoms with Gasteiger partial charge in [0.2, 0.25) is 0 Å². The Balaban J connectivity index is 1.86. The van der Waals surface area contributed by atoms with E-state index in [1.807, 2.05) is 0 Å². The van der Waals surface area contributed by atoms with Crippen LogP contribution in [0.15, 0.2) is 40.2 Å². The van der Waals surface area contributed by atoms with Gasteiger partial charge in [-0.15, -0.1) is 0 Å². The van der Waals surface area contributed by atoms with E-state index in [1.165, 1.54) is 4.57 Å². The fraction of sp³-hybridized carbons (Fsp3) is 0.389. The van der Waals surface area contributed by atoms with Crippen molar-refractivity contribution in [2.24, 2.45) is 0 Å². The van der Waals surface area contributed by atoms with Crippen LogP contribution in [0.1, 0.15) is 12.8 Å². The molecule has 3 aromatic rings. The number of hydrogen-bond acceptors (Lipinski definition) is 5. The molecular weight excluding hydrogens is 322 g/mol. The molecule has 0 aromatic carbocycles. The molecular formula is C18H19N3O4. The van der Waals surface area contributed by atoms with Gasteiger partial charge < -0.3 is 19.0 Å². The summed E-state index contributed by atoms with van der Waals surface area (Å²) in [5.74, 6) is 0. The summed E-state index contributed by atoms with van der Waals surface area (Å²) in [6.07, 6.45) is 5.37. The van der Waals surface area contributed by atoms with E-state index in [2.05, 4.69) is 4.98 Å². The smallest absolute Gasteiger partial charge is 0.260 e. The number of rotatable bonds is 4. The zero-order valence-electron chi connectivity index (χ0n) is 13.7. The first-order chi connectivity index (χ1) is 12.2. The number of aliphatic hydroxyl groups excluding tert-OH is 1. The van der Waals surface area contributed by atoms with E-state index in [0.717, 1.165) is 19.4 Å². The summed E-state index contributed by atoms with van der Waals surface area (Å²) in [5.41, 5.74) is 0.692. The molecule has 25 heavy (non-hydrogen) atoms. The summed E-state index contributed by atoms with van der Waals surface area (Å²) in [6.45, 7) is 1.34. The van der Waals surface area contributed by atoms with E-state index in [0.29, 0.717) is 28.4 Å². The Hall–Kier alpha value is -2.51. The number of hydrogen-bond donors (Lipinski definition) is 1. The van der Waals surface area contributed by atoms with Crippen molar-refractivity contribution in [3.63, 3.8) is 0 Å². The maximum absolute atomic E-state index is 12.8. The third-order valence-electron chi connectivity index (χ3n) is 4.65. The van der Waals surface area contributed by atoms with Gasteiger partial charge in [-0.05, 0) is 31.0 Å². The van der Waals surface area contributed by atoms with Crippen LogP contribution in [0.2, 0.25) is 0 Å². The molecule has 1 unspecified atom stereocenters. The van der Waals surface area contributed by atoms with Crippen LogP contribution in [-0.2, 0) is 17.8 Å². The third kappa shape index (κ3) is 2.85. The van der Waals surface area contributed by atoms with Crippen LogP contribution in [0.5, 0.6) is 0 Å². The molecule has 130 valence electrons. The van der Waals surface area contributed by atoms with Crippen molar-refractivity contribution in [2.75, 3.05) is 13.2 Å². The van der Waals surface area contributed by atoms with Crippen molar-refractivity contribution >= 4 is 21.8 Å². The number of nitrogens with zero attached hydrogens (tertiary/aromatic N) is 3. The summed E-state index contributed by atoms with van der Waals surface area (Å²) >= 11 is 0.